The van der Waals surface area contributed by atoms with E-state index in [1.807, 2.05) is 12.1 Å². The molecule has 1 aromatic carbocycles. The van der Waals surface area contributed by atoms with Crippen LogP contribution in [0.15, 0.2) is 24.3 Å². The Morgan fingerprint density at radius 3 is 2.71 bits per heavy atom. The van der Waals surface area contributed by atoms with Crippen LogP contribution in [0.25, 0.3) is 0 Å². The van der Waals surface area contributed by atoms with Gasteiger partial charge in [0.25, 0.3) is 0 Å². The summed E-state index contributed by atoms with van der Waals surface area (Å²) in [6.07, 6.45) is 2.40. The van der Waals surface area contributed by atoms with Crippen molar-refractivity contribution in [3.05, 3.63) is 29.8 Å². The molecule has 4 heteroatoms. The van der Waals surface area contributed by atoms with Gasteiger partial charge < -0.3 is 14.7 Å². The fourth-order valence-electron chi connectivity index (χ4n) is 2.91. The summed E-state index contributed by atoms with van der Waals surface area (Å²) in [7, 11) is 0. The molecule has 1 unspecified atom stereocenters. The van der Waals surface area contributed by atoms with E-state index in [0.717, 1.165) is 25.1 Å². The number of aryl methyl sites for hydroxylation is 1. The third kappa shape index (κ3) is 4.46. The van der Waals surface area contributed by atoms with Gasteiger partial charge in [-0.25, -0.2) is 0 Å². The molecule has 0 bridgehead atoms. The molecule has 4 nitrogen and oxygen atoms in total. The molecule has 0 aliphatic carbocycles. The van der Waals surface area contributed by atoms with Gasteiger partial charge in [0.05, 0.1) is 18.1 Å². The second-order valence-electron chi connectivity index (χ2n) is 6.41. The van der Waals surface area contributed by atoms with Crippen LogP contribution in [0, 0.1) is 6.92 Å². The predicted molar refractivity (Wildman–Crippen MR) is 83.8 cm³/mol. The van der Waals surface area contributed by atoms with Gasteiger partial charge in [-0.2, -0.15) is 0 Å². The summed E-state index contributed by atoms with van der Waals surface area (Å²) in [5.74, 6) is -0.763. The van der Waals surface area contributed by atoms with Crippen LogP contribution >= 0.6 is 0 Å². The van der Waals surface area contributed by atoms with E-state index in [2.05, 4.69) is 37.8 Å². The van der Waals surface area contributed by atoms with E-state index in [0.29, 0.717) is 6.54 Å². The maximum atomic E-state index is 10.9. The summed E-state index contributed by atoms with van der Waals surface area (Å²) in [5, 5.41) is 8.96. The van der Waals surface area contributed by atoms with E-state index < -0.39 is 5.97 Å². The Morgan fingerprint density at radius 2 is 2.14 bits per heavy atom. The van der Waals surface area contributed by atoms with E-state index in [9.17, 15) is 4.79 Å². The normalized spacial score (nSPS) is 20.4. The highest BCUT2D eigenvalue weighted by atomic mass is 16.5. The number of hydrogen-bond acceptors (Lipinski definition) is 3. The van der Waals surface area contributed by atoms with Crippen molar-refractivity contribution < 1.29 is 14.6 Å². The van der Waals surface area contributed by atoms with Crippen LogP contribution in [0.5, 0.6) is 0 Å². The molecule has 2 rings (SSSR count). The van der Waals surface area contributed by atoms with Crippen LogP contribution in [0.4, 0.5) is 5.69 Å². The minimum Gasteiger partial charge on any atom is -0.481 e. The van der Waals surface area contributed by atoms with Crippen molar-refractivity contribution in [1.82, 2.24) is 0 Å². The van der Waals surface area contributed by atoms with Gasteiger partial charge >= 0.3 is 5.97 Å². The summed E-state index contributed by atoms with van der Waals surface area (Å²) in [6.45, 7) is 7.55. The largest absolute Gasteiger partial charge is 0.481 e. The number of carboxylic acid groups (broad SMARTS) is 1. The van der Waals surface area contributed by atoms with Crippen LogP contribution in [-0.4, -0.2) is 35.9 Å². The third-order valence-electron chi connectivity index (χ3n) is 4.03. The molecular weight excluding hydrogens is 266 g/mol. The molecule has 21 heavy (non-hydrogen) atoms. The van der Waals surface area contributed by atoms with E-state index in [1.165, 1.54) is 5.56 Å². The Hall–Kier alpha value is -1.55. The van der Waals surface area contributed by atoms with Gasteiger partial charge in [0.2, 0.25) is 0 Å². The summed E-state index contributed by atoms with van der Waals surface area (Å²) in [6, 6.07) is 8.11. The Kier molecular flexibility index (Phi) is 4.88. The molecule has 1 aliphatic rings. The highest BCUT2D eigenvalue weighted by Crippen LogP contribution is 2.31. The first-order valence-corrected chi connectivity index (χ1v) is 7.57. The minimum absolute atomic E-state index is 0.0606. The maximum absolute atomic E-state index is 10.9. The SMILES string of the molecule is Cc1ccccc1N(CCC(=O)O)CC1CCC(C)(C)O1. The fraction of sp³-hybridized carbons (Fsp3) is 0.588. The van der Waals surface area contributed by atoms with Gasteiger partial charge in [-0.1, -0.05) is 18.2 Å². The van der Waals surface area contributed by atoms with Crippen LogP contribution in [0.3, 0.4) is 0 Å². The number of nitrogens with zero attached hydrogens (tertiary/aromatic N) is 1. The molecule has 1 heterocycles. The lowest BCUT2D eigenvalue weighted by Gasteiger charge is -2.29. The number of rotatable bonds is 6. The average Bonchev–Trinajstić information content (AvgIpc) is 2.74. The monoisotopic (exact) mass is 291 g/mol. The molecule has 116 valence electrons. The highest BCUT2D eigenvalue weighted by molar-refractivity contribution is 5.68. The zero-order valence-electron chi connectivity index (χ0n) is 13.1. The van der Waals surface area contributed by atoms with Crippen molar-refractivity contribution >= 4 is 11.7 Å². The first-order chi connectivity index (χ1) is 9.87. The smallest absolute Gasteiger partial charge is 0.305 e. The molecular formula is C17H25NO3. The second kappa shape index (κ2) is 6.48. The van der Waals surface area contributed by atoms with Crippen molar-refractivity contribution in [1.29, 1.82) is 0 Å². The topological polar surface area (TPSA) is 49.8 Å². The Bertz CT molecular complexity index is 499. The fourth-order valence-corrected chi connectivity index (χ4v) is 2.91. The number of ether oxygens (including phenoxy) is 1. The number of carbonyl (C=O) groups is 1. The van der Waals surface area contributed by atoms with Crippen molar-refractivity contribution in [3.8, 4) is 0 Å². The highest BCUT2D eigenvalue weighted by Gasteiger charge is 2.32. The van der Waals surface area contributed by atoms with Crippen LogP contribution in [-0.2, 0) is 9.53 Å². The molecule has 0 aromatic heterocycles. The van der Waals surface area contributed by atoms with Gasteiger partial charge in [-0.3, -0.25) is 4.79 Å². The number of para-hydroxylation sites is 1. The molecule has 0 radical (unpaired) electrons. The Morgan fingerprint density at radius 1 is 1.43 bits per heavy atom. The lowest BCUT2D eigenvalue weighted by atomic mass is 10.1. The van der Waals surface area contributed by atoms with Gasteiger partial charge in [-0.05, 0) is 45.2 Å². The van der Waals surface area contributed by atoms with Gasteiger partial charge in [-0.15, -0.1) is 0 Å². The van der Waals surface area contributed by atoms with E-state index in [1.54, 1.807) is 0 Å². The molecule has 0 spiro atoms. The lowest BCUT2D eigenvalue weighted by Crippen LogP contribution is -2.35. The quantitative estimate of drug-likeness (QED) is 0.874. The summed E-state index contributed by atoms with van der Waals surface area (Å²) >= 11 is 0. The van der Waals surface area contributed by atoms with Crippen molar-refractivity contribution in [3.63, 3.8) is 0 Å². The third-order valence-corrected chi connectivity index (χ3v) is 4.03. The van der Waals surface area contributed by atoms with Crippen molar-refractivity contribution in [2.45, 2.75) is 51.7 Å². The first kappa shape index (κ1) is 15.8. The standard InChI is InChI=1S/C17H25NO3/c1-13-6-4-5-7-15(13)18(11-9-16(19)20)12-14-8-10-17(2,3)21-14/h4-7,14H,8-12H2,1-3H3,(H,19,20). The van der Waals surface area contributed by atoms with E-state index >= 15 is 0 Å². The van der Waals surface area contributed by atoms with Crippen molar-refractivity contribution in [2.75, 3.05) is 18.0 Å². The van der Waals surface area contributed by atoms with Gasteiger partial charge in [0, 0.05) is 18.8 Å². The number of carboxylic acids is 1. The van der Waals surface area contributed by atoms with E-state index in [4.69, 9.17) is 9.84 Å². The van der Waals surface area contributed by atoms with Crippen LogP contribution in [0.1, 0.15) is 38.7 Å². The second-order valence-corrected chi connectivity index (χ2v) is 6.41. The molecule has 1 aromatic rings. The van der Waals surface area contributed by atoms with Crippen LogP contribution in [0.2, 0.25) is 0 Å². The number of anilines is 1. The summed E-state index contributed by atoms with van der Waals surface area (Å²) in [4.78, 5) is 13.1. The first-order valence-electron chi connectivity index (χ1n) is 7.57. The molecule has 0 saturated carbocycles. The average molecular weight is 291 g/mol. The predicted octanol–water partition coefficient (Wildman–Crippen LogP) is 3.23. The summed E-state index contributed by atoms with van der Waals surface area (Å²) < 4.78 is 6.06. The minimum atomic E-state index is -0.763. The van der Waals surface area contributed by atoms with Gasteiger partial charge in [0.1, 0.15) is 0 Å². The van der Waals surface area contributed by atoms with Crippen molar-refractivity contribution in [2.24, 2.45) is 0 Å². The van der Waals surface area contributed by atoms with E-state index in [-0.39, 0.29) is 18.1 Å². The molecule has 1 N–H and O–H groups in total. The Balaban J connectivity index is 2.09. The molecule has 0 amide bonds. The molecule has 1 fully saturated rings. The number of hydrogen-bond donors (Lipinski definition) is 1. The number of aliphatic carboxylic acids is 1. The lowest BCUT2D eigenvalue weighted by molar-refractivity contribution is -0.136. The zero-order valence-corrected chi connectivity index (χ0v) is 13.1. The molecule has 1 aliphatic heterocycles. The zero-order chi connectivity index (χ0) is 15.5. The van der Waals surface area contributed by atoms with Gasteiger partial charge in [0.15, 0.2) is 0 Å². The maximum Gasteiger partial charge on any atom is 0.305 e. The number of benzene rings is 1. The Labute approximate surface area is 126 Å². The molecule has 1 atom stereocenters. The van der Waals surface area contributed by atoms with Crippen LogP contribution < -0.4 is 4.90 Å². The summed E-state index contributed by atoms with van der Waals surface area (Å²) in [5.41, 5.74) is 2.21. The molecule has 1 saturated heterocycles.